The first kappa shape index (κ1) is 13.1. The lowest BCUT2D eigenvalue weighted by Crippen LogP contribution is -2.33. The van der Waals surface area contributed by atoms with Crippen molar-refractivity contribution in [2.45, 2.75) is 37.9 Å². The third-order valence-electron chi connectivity index (χ3n) is 5.28. The summed E-state index contributed by atoms with van der Waals surface area (Å²) in [6, 6.07) is 8.07. The first-order chi connectivity index (χ1) is 10.1. The minimum Gasteiger partial charge on any atom is -0.497 e. The molecular weight excluding hydrogens is 264 g/mol. The van der Waals surface area contributed by atoms with Crippen LogP contribution in [0, 0.1) is 11.8 Å². The fraction of sp³-hybridized carbons (Fsp3) is 0.588. The second-order valence-corrected chi connectivity index (χ2v) is 6.83. The van der Waals surface area contributed by atoms with Crippen LogP contribution in [-0.2, 0) is 4.79 Å². The van der Waals surface area contributed by atoms with Gasteiger partial charge in [-0.3, -0.25) is 10.1 Å². The largest absolute Gasteiger partial charge is 0.497 e. The van der Waals surface area contributed by atoms with Gasteiger partial charge in [0.1, 0.15) is 17.5 Å². The van der Waals surface area contributed by atoms with Crippen molar-refractivity contribution in [1.82, 2.24) is 10.2 Å². The Balaban J connectivity index is 1.59. The minimum absolute atomic E-state index is 0.0266. The second kappa shape index (κ2) is 4.47. The van der Waals surface area contributed by atoms with Gasteiger partial charge in [0.05, 0.1) is 7.11 Å². The Hall–Kier alpha value is -1.55. The number of benzene rings is 1. The average molecular weight is 286 g/mol. The molecule has 3 aliphatic rings. The van der Waals surface area contributed by atoms with Gasteiger partial charge in [0, 0.05) is 6.54 Å². The molecule has 1 aliphatic heterocycles. The molecule has 4 nitrogen and oxygen atoms in total. The van der Waals surface area contributed by atoms with Crippen molar-refractivity contribution >= 4 is 5.91 Å². The Morgan fingerprint density at radius 2 is 2.00 bits per heavy atom. The van der Waals surface area contributed by atoms with E-state index < -0.39 is 0 Å². The SMILES string of the molecule is COc1ccc(C2NC3(CC3)C(=O)N2CC2CC2C)cc1. The molecule has 1 heterocycles. The molecular formula is C17H22N2O2. The predicted octanol–water partition coefficient (Wildman–Crippen LogP) is 2.31. The van der Waals surface area contributed by atoms with Crippen LogP contribution in [0.25, 0.3) is 0 Å². The van der Waals surface area contributed by atoms with Gasteiger partial charge in [-0.2, -0.15) is 0 Å². The zero-order valence-electron chi connectivity index (χ0n) is 12.6. The number of nitrogens with zero attached hydrogens (tertiary/aromatic N) is 1. The van der Waals surface area contributed by atoms with Gasteiger partial charge in [0.15, 0.2) is 0 Å². The lowest BCUT2D eigenvalue weighted by atomic mass is 10.1. The maximum atomic E-state index is 12.7. The normalized spacial score (nSPS) is 32.6. The van der Waals surface area contributed by atoms with Gasteiger partial charge in [-0.1, -0.05) is 19.1 Å². The molecule has 3 atom stereocenters. The van der Waals surface area contributed by atoms with E-state index in [-0.39, 0.29) is 11.7 Å². The predicted molar refractivity (Wildman–Crippen MR) is 79.8 cm³/mol. The van der Waals surface area contributed by atoms with Crippen LogP contribution in [0.3, 0.4) is 0 Å². The molecule has 1 amide bonds. The standard InChI is InChI=1S/C17H22N2O2/c1-11-9-13(11)10-19-15(18-17(7-8-17)16(19)20)12-3-5-14(21-2)6-4-12/h3-6,11,13,15,18H,7-10H2,1-2H3. The van der Waals surface area contributed by atoms with Crippen molar-refractivity contribution < 1.29 is 9.53 Å². The fourth-order valence-corrected chi connectivity index (χ4v) is 3.42. The van der Waals surface area contributed by atoms with Gasteiger partial charge in [0.2, 0.25) is 5.91 Å². The van der Waals surface area contributed by atoms with E-state index in [1.165, 1.54) is 6.42 Å². The van der Waals surface area contributed by atoms with Crippen LogP contribution < -0.4 is 10.1 Å². The van der Waals surface area contributed by atoms with Gasteiger partial charge in [0.25, 0.3) is 0 Å². The molecule has 4 rings (SSSR count). The topological polar surface area (TPSA) is 41.6 Å². The first-order valence-electron chi connectivity index (χ1n) is 7.86. The van der Waals surface area contributed by atoms with Crippen molar-refractivity contribution in [2.75, 3.05) is 13.7 Å². The molecule has 4 heteroatoms. The molecule has 1 N–H and O–H groups in total. The third kappa shape index (κ3) is 2.13. The maximum Gasteiger partial charge on any atom is 0.244 e. The molecule has 1 spiro atoms. The summed E-state index contributed by atoms with van der Waals surface area (Å²) in [5.74, 6) is 2.62. The summed E-state index contributed by atoms with van der Waals surface area (Å²) in [4.78, 5) is 14.8. The van der Waals surface area contributed by atoms with E-state index in [0.717, 1.165) is 36.6 Å². The molecule has 112 valence electrons. The van der Waals surface area contributed by atoms with Crippen molar-refractivity contribution in [3.05, 3.63) is 29.8 Å². The average Bonchev–Trinajstić information content (AvgIpc) is 3.39. The number of amides is 1. The van der Waals surface area contributed by atoms with Gasteiger partial charge in [-0.25, -0.2) is 0 Å². The summed E-state index contributed by atoms with van der Waals surface area (Å²) < 4.78 is 5.22. The van der Waals surface area contributed by atoms with E-state index >= 15 is 0 Å². The third-order valence-corrected chi connectivity index (χ3v) is 5.28. The molecule has 0 radical (unpaired) electrons. The lowest BCUT2D eigenvalue weighted by Gasteiger charge is -2.24. The zero-order valence-corrected chi connectivity index (χ0v) is 12.6. The van der Waals surface area contributed by atoms with Crippen LogP contribution in [0.1, 0.15) is 37.9 Å². The molecule has 0 bridgehead atoms. The molecule has 21 heavy (non-hydrogen) atoms. The van der Waals surface area contributed by atoms with Gasteiger partial charge >= 0.3 is 0 Å². The number of carbonyl (C=O) groups is 1. The summed E-state index contributed by atoms with van der Waals surface area (Å²) in [5, 5.41) is 3.58. The first-order valence-corrected chi connectivity index (χ1v) is 7.86. The second-order valence-electron chi connectivity index (χ2n) is 6.83. The van der Waals surface area contributed by atoms with E-state index in [0.29, 0.717) is 11.8 Å². The van der Waals surface area contributed by atoms with Crippen LogP contribution in [0.15, 0.2) is 24.3 Å². The van der Waals surface area contributed by atoms with Crippen LogP contribution >= 0.6 is 0 Å². The summed E-state index contributed by atoms with van der Waals surface area (Å²) in [7, 11) is 1.67. The highest BCUT2D eigenvalue weighted by molar-refractivity contribution is 5.92. The number of hydrogen-bond donors (Lipinski definition) is 1. The van der Waals surface area contributed by atoms with Gasteiger partial charge < -0.3 is 9.64 Å². The summed E-state index contributed by atoms with van der Waals surface area (Å²) in [6.07, 6.45) is 3.25. The van der Waals surface area contributed by atoms with Gasteiger partial charge in [-0.05, 0) is 48.8 Å². The van der Waals surface area contributed by atoms with E-state index in [1.807, 2.05) is 12.1 Å². The Kier molecular flexibility index (Phi) is 2.80. The van der Waals surface area contributed by atoms with Crippen LogP contribution in [0.5, 0.6) is 5.75 Å². The summed E-state index contributed by atoms with van der Waals surface area (Å²) in [5.41, 5.74) is 0.907. The number of nitrogens with one attached hydrogen (secondary N) is 1. The number of carbonyl (C=O) groups excluding carboxylic acids is 1. The van der Waals surface area contributed by atoms with Gasteiger partial charge in [-0.15, -0.1) is 0 Å². The molecule has 1 aromatic rings. The maximum absolute atomic E-state index is 12.7. The molecule has 1 aromatic carbocycles. The highest BCUT2D eigenvalue weighted by Crippen LogP contribution is 2.48. The highest BCUT2D eigenvalue weighted by atomic mass is 16.5. The highest BCUT2D eigenvalue weighted by Gasteiger charge is 2.60. The van der Waals surface area contributed by atoms with Crippen LogP contribution in [-0.4, -0.2) is 30.0 Å². The Bertz CT molecular complexity index is 565. The minimum atomic E-state index is -0.247. The number of rotatable bonds is 4. The van der Waals surface area contributed by atoms with Crippen LogP contribution in [0.2, 0.25) is 0 Å². The van der Waals surface area contributed by atoms with Crippen molar-refractivity contribution in [3.8, 4) is 5.75 Å². The van der Waals surface area contributed by atoms with Crippen molar-refractivity contribution in [2.24, 2.45) is 11.8 Å². The monoisotopic (exact) mass is 286 g/mol. The Morgan fingerprint density at radius 3 is 2.52 bits per heavy atom. The summed E-state index contributed by atoms with van der Waals surface area (Å²) in [6.45, 7) is 3.17. The summed E-state index contributed by atoms with van der Waals surface area (Å²) >= 11 is 0. The molecule has 3 unspecified atom stereocenters. The van der Waals surface area contributed by atoms with E-state index in [2.05, 4.69) is 29.3 Å². The number of hydrogen-bond acceptors (Lipinski definition) is 3. The molecule has 0 aromatic heterocycles. The fourth-order valence-electron chi connectivity index (χ4n) is 3.42. The van der Waals surface area contributed by atoms with E-state index in [1.54, 1.807) is 7.11 Å². The molecule has 1 saturated heterocycles. The number of methoxy groups -OCH3 is 1. The lowest BCUT2D eigenvalue weighted by molar-refractivity contribution is -0.131. The van der Waals surface area contributed by atoms with E-state index in [4.69, 9.17) is 4.74 Å². The molecule has 3 fully saturated rings. The Morgan fingerprint density at radius 1 is 1.33 bits per heavy atom. The number of ether oxygens (including phenoxy) is 1. The quantitative estimate of drug-likeness (QED) is 0.923. The smallest absolute Gasteiger partial charge is 0.244 e. The van der Waals surface area contributed by atoms with E-state index in [9.17, 15) is 4.79 Å². The molecule has 2 saturated carbocycles. The Labute approximate surface area is 125 Å². The zero-order chi connectivity index (χ0) is 14.6. The van der Waals surface area contributed by atoms with Crippen molar-refractivity contribution in [1.29, 1.82) is 0 Å². The van der Waals surface area contributed by atoms with Crippen LogP contribution in [0.4, 0.5) is 0 Å². The molecule has 2 aliphatic carbocycles. The van der Waals surface area contributed by atoms with Crippen molar-refractivity contribution in [3.63, 3.8) is 0 Å².